The second kappa shape index (κ2) is 6.08. The van der Waals surface area contributed by atoms with Crippen LogP contribution in [0.4, 0.5) is 16.4 Å². The van der Waals surface area contributed by atoms with Crippen LogP contribution in [0.3, 0.4) is 0 Å². The summed E-state index contributed by atoms with van der Waals surface area (Å²) < 4.78 is 0. The van der Waals surface area contributed by atoms with E-state index in [0.717, 1.165) is 13.1 Å². The van der Waals surface area contributed by atoms with E-state index in [0.29, 0.717) is 17.7 Å². The Labute approximate surface area is 131 Å². The van der Waals surface area contributed by atoms with Crippen molar-refractivity contribution in [3.05, 3.63) is 12.4 Å². The molecule has 2 aliphatic heterocycles. The Balaban J connectivity index is 1.63. The standard InChI is InChI=1S/C15H24N6O/c1-11-9-20-6-4-5-13(20)10-21(11)15(22)18-12-7-16-14(17-8-12)19(2)3/h7-8,11,13H,4-6,9-10H2,1-3H3,(H,18,22). The van der Waals surface area contributed by atoms with Gasteiger partial charge in [0.25, 0.3) is 0 Å². The summed E-state index contributed by atoms with van der Waals surface area (Å²) in [5, 5.41) is 2.91. The zero-order valence-corrected chi connectivity index (χ0v) is 13.5. The Hall–Kier alpha value is -1.89. The first-order valence-electron chi connectivity index (χ1n) is 7.85. The van der Waals surface area contributed by atoms with Crippen LogP contribution in [0, 0.1) is 0 Å². The number of nitrogens with one attached hydrogen (secondary N) is 1. The normalized spacial score (nSPS) is 25.0. The number of hydrogen-bond acceptors (Lipinski definition) is 5. The van der Waals surface area contributed by atoms with E-state index in [4.69, 9.17) is 0 Å². The van der Waals surface area contributed by atoms with Crippen molar-refractivity contribution in [2.24, 2.45) is 0 Å². The van der Waals surface area contributed by atoms with Crippen LogP contribution in [0.5, 0.6) is 0 Å². The van der Waals surface area contributed by atoms with Crippen LogP contribution in [0.15, 0.2) is 12.4 Å². The molecular formula is C15H24N6O. The molecule has 2 unspecified atom stereocenters. The summed E-state index contributed by atoms with van der Waals surface area (Å²) >= 11 is 0. The maximum atomic E-state index is 12.5. The number of piperazine rings is 1. The number of carbonyl (C=O) groups excluding carboxylic acids is 1. The van der Waals surface area contributed by atoms with Crippen LogP contribution in [0.1, 0.15) is 19.8 Å². The molecule has 120 valence electrons. The van der Waals surface area contributed by atoms with Gasteiger partial charge in [-0.15, -0.1) is 0 Å². The smallest absolute Gasteiger partial charge is 0.322 e. The summed E-state index contributed by atoms with van der Waals surface area (Å²) in [7, 11) is 3.77. The fourth-order valence-electron chi connectivity index (χ4n) is 3.28. The van der Waals surface area contributed by atoms with E-state index < -0.39 is 0 Å². The molecule has 3 heterocycles. The van der Waals surface area contributed by atoms with Gasteiger partial charge in [-0.3, -0.25) is 4.90 Å². The minimum atomic E-state index is -0.0553. The first kappa shape index (κ1) is 15.0. The van der Waals surface area contributed by atoms with Gasteiger partial charge in [0, 0.05) is 39.3 Å². The lowest BCUT2D eigenvalue weighted by Gasteiger charge is -2.42. The van der Waals surface area contributed by atoms with Crippen LogP contribution in [-0.4, -0.2) is 71.6 Å². The molecule has 3 rings (SSSR count). The molecule has 2 fully saturated rings. The lowest BCUT2D eigenvalue weighted by molar-refractivity contribution is 0.0861. The van der Waals surface area contributed by atoms with Gasteiger partial charge >= 0.3 is 6.03 Å². The summed E-state index contributed by atoms with van der Waals surface area (Å²) in [6, 6.07) is 0.700. The average Bonchev–Trinajstić information content (AvgIpc) is 2.94. The summed E-state index contributed by atoms with van der Waals surface area (Å²) in [5.41, 5.74) is 0.636. The van der Waals surface area contributed by atoms with Gasteiger partial charge in [-0.2, -0.15) is 0 Å². The Morgan fingerprint density at radius 1 is 1.32 bits per heavy atom. The topological polar surface area (TPSA) is 64.6 Å². The molecule has 0 saturated carbocycles. The first-order valence-corrected chi connectivity index (χ1v) is 7.85. The summed E-state index contributed by atoms with van der Waals surface area (Å²) in [6.07, 6.45) is 5.73. The molecule has 2 atom stereocenters. The third-order valence-electron chi connectivity index (χ3n) is 4.49. The molecule has 0 bridgehead atoms. The van der Waals surface area contributed by atoms with Gasteiger partial charge in [-0.05, 0) is 26.3 Å². The third kappa shape index (κ3) is 2.99. The highest BCUT2D eigenvalue weighted by atomic mass is 16.2. The Morgan fingerprint density at radius 3 is 2.73 bits per heavy atom. The average molecular weight is 304 g/mol. The van der Waals surface area contributed by atoms with E-state index in [1.807, 2.05) is 23.9 Å². The Kier molecular flexibility index (Phi) is 4.15. The van der Waals surface area contributed by atoms with Crippen LogP contribution in [0.25, 0.3) is 0 Å². The van der Waals surface area contributed by atoms with Crippen molar-refractivity contribution in [1.29, 1.82) is 0 Å². The number of nitrogens with zero attached hydrogens (tertiary/aromatic N) is 5. The monoisotopic (exact) mass is 304 g/mol. The maximum Gasteiger partial charge on any atom is 0.322 e. The molecule has 0 radical (unpaired) electrons. The SMILES string of the molecule is CC1CN2CCCC2CN1C(=O)Nc1cnc(N(C)C)nc1. The van der Waals surface area contributed by atoms with Crippen molar-refractivity contribution in [2.45, 2.75) is 31.8 Å². The molecule has 2 saturated heterocycles. The summed E-state index contributed by atoms with van der Waals surface area (Å²) in [5.74, 6) is 0.630. The molecule has 2 aliphatic rings. The quantitative estimate of drug-likeness (QED) is 0.890. The molecule has 0 spiro atoms. The van der Waals surface area contributed by atoms with Crippen LogP contribution < -0.4 is 10.2 Å². The zero-order chi connectivity index (χ0) is 15.7. The fourth-order valence-corrected chi connectivity index (χ4v) is 3.28. The van der Waals surface area contributed by atoms with E-state index in [2.05, 4.69) is 27.1 Å². The minimum Gasteiger partial charge on any atom is -0.347 e. The number of anilines is 2. The molecule has 0 aromatic carbocycles. The van der Waals surface area contributed by atoms with E-state index in [1.54, 1.807) is 12.4 Å². The van der Waals surface area contributed by atoms with Gasteiger partial charge in [0.1, 0.15) is 0 Å². The second-order valence-electron chi connectivity index (χ2n) is 6.39. The molecule has 2 amide bonds. The number of amides is 2. The number of rotatable bonds is 2. The minimum absolute atomic E-state index is 0.0553. The number of hydrogen-bond donors (Lipinski definition) is 1. The number of aromatic nitrogens is 2. The third-order valence-corrected chi connectivity index (χ3v) is 4.49. The van der Waals surface area contributed by atoms with Crippen LogP contribution >= 0.6 is 0 Å². The number of urea groups is 1. The molecule has 22 heavy (non-hydrogen) atoms. The molecule has 0 aliphatic carbocycles. The van der Waals surface area contributed by atoms with Crippen molar-refractivity contribution in [3.63, 3.8) is 0 Å². The molecule has 7 heteroatoms. The predicted molar refractivity (Wildman–Crippen MR) is 86.1 cm³/mol. The summed E-state index contributed by atoms with van der Waals surface area (Å²) in [6.45, 7) is 5.06. The van der Waals surface area contributed by atoms with Crippen molar-refractivity contribution < 1.29 is 4.79 Å². The molecular weight excluding hydrogens is 280 g/mol. The lowest BCUT2D eigenvalue weighted by atomic mass is 10.1. The van der Waals surface area contributed by atoms with Crippen molar-refractivity contribution in [3.8, 4) is 0 Å². The highest BCUT2D eigenvalue weighted by Crippen LogP contribution is 2.25. The number of fused-ring (bicyclic) bond motifs is 1. The van der Waals surface area contributed by atoms with Crippen molar-refractivity contribution >= 4 is 17.7 Å². The highest BCUT2D eigenvalue weighted by Gasteiger charge is 2.36. The maximum absolute atomic E-state index is 12.5. The van der Waals surface area contributed by atoms with Crippen molar-refractivity contribution in [1.82, 2.24) is 19.8 Å². The van der Waals surface area contributed by atoms with Gasteiger partial charge in [0.15, 0.2) is 0 Å². The van der Waals surface area contributed by atoms with Gasteiger partial charge in [0.05, 0.1) is 18.1 Å². The zero-order valence-electron chi connectivity index (χ0n) is 13.5. The molecule has 1 aromatic heterocycles. The number of carbonyl (C=O) groups is 1. The van der Waals surface area contributed by atoms with E-state index in [-0.39, 0.29) is 12.1 Å². The highest BCUT2D eigenvalue weighted by molar-refractivity contribution is 5.89. The van der Waals surface area contributed by atoms with E-state index in [9.17, 15) is 4.79 Å². The Bertz CT molecular complexity index is 531. The van der Waals surface area contributed by atoms with Crippen LogP contribution in [0.2, 0.25) is 0 Å². The van der Waals surface area contributed by atoms with Gasteiger partial charge < -0.3 is 15.1 Å². The molecule has 7 nitrogen and oxygen atoms in total. The van der Waals surface area contributed by atoms with Gasteiger partial charge in [0.2, 0.25) is 5.95 Å². The lowest BCUT2D eigenvalue weighted by Crippen LogP contribution is -2.57. The fraction of sp³-hybridized carbons (Fsp3) is 0.667. The summed E-state index contributed by atoms with van der Waals surface area (Å²) in [4.78, 5) is 27.2. The Morgan fingerprint density at radius 2 is 2.05 bits per heavy atom. The van der Waals surface area contributed by atoms with Crippen molar-refractivity contribution in [2.75, 3.05) is 43.9 Å². The van der Waals surface area contributed by atoms with E-state index >= 15 is 0 Å². The van der Waals surface area contributed by atoms with Gasteiger partial charge in [-0.25, -0.2) is 14.8 Å². The first-order chi connectivity index (χ1) is 10.5. The largest absolute Gasteiger partial charge is 0.347 e. The van der Waals surface area contributed by atoms with Gasteiger partial charge in [-0.1, -0.05) is 0 Å². The second-order valence-corrected chi connectivity index (χ2v) is 6.39. The molecule has 1 N–H and O–H groups in total. The predicted octanol–water partition coefficient (Wildman–Crippen LogP) is 1.24. The van der Waals surface area contributed by atoms with E-state index in [1.165, 1.54) is 19.4 Å². The van der Waals surface area contributed by atoms with Crippen LogP contribution in [-0.2, 0) is 0 Å². The molecule has 1 aromatic rings.